The van der Waals surface area contributed by atoms with Crippen LogP contribution in [0.1, 0.15) is 16.8 Å². The molecule has 116 valence electrons. The maximum atomic E-state index is 11.9. The van der Waals surface area contributed by atoms with Crippen LogP contribution in [0.4, 0.5) is 0 Å². The van der Waals surface area contributed by atoms with Crippen molar-refractivity contribution in [3.05, 3.63) is 53.0 Å². The lowest BCUT2D eigenvalue weighted by atomic mass is 10.2. The number of carbonyl (C=O) groups excluding carboxylic acids is 2. The second kappa shape index (κ2) is 8.33. The van der Waals surface area contributed by atoms with Gasteiger partial charge in [0.05, 0.1) is 12.9 Å². The highest BCUT2D eigenvalue weighted by atomic mass is 79.9. The fourth-order valence-electron chi connectivity index (χ4n) is 1.86. The zero-order valence-corrected chi connectivity index (χ0v) is 13.5. The Morgan fingerprint density at radius 2 is 2.14 bits per heavy atom. The second-order valence-electron chi connectivity index (χ2n) is 4.70. The maximum absolute atomic E-state index is 11.9. The van der Waals surface area contributed by atoms with Gasteiger partial charge < -0.3 is 15.2 Å². The van der Waals surface area contributed by atoms with Crippen LogP contribution in [0.5, 0.6) is 0 Å². The molecule has 2 N–H and O–H groups in total. The predicted octanol–water partition coefficient (Wildman–Crippen LogP) is 1.58. The van der Waals surface area contributed by atoms with Gasteiger partial charge in [-0.1, -0.05) is 22.0 Å². The molecule has 0 bridgehead atoms. The quantitative estimate of drug-likeness (QED) is 0.732. The Morgan fingerprint density at radius 1 is 1.27 bits per heavy atom. The lowest BCUT2D eigenvalue weighted by Gasteiger charge is -2.07. The topological polar surface area (TPSA) is 76.0 Å². The van der Waals surface area contributed by atoms with Gasteiger partial charge in [-0.05, 0) is 24.6 Å². The van der Waals surface area contributed by atoms with E-state index in [1.54, 1.807) is 30.7 Å². The molecule has 1 aromatic heterocycles. The van der Waals surface area contributed by atoms with E-state index in [1.807, 2.05) is 16.8 Å². The van der Waals surface area contributed by atoms with Crippen molar-refractivity contribution in [2.45, 2.75) is 13.0 Å². The molecule has 1 heterocycles. The van der Waals surface area contributed by atoms with Crippen molar-refractivity contribution in [1.29, 1.82) is 0 Å². The lowest BCUT2D eigenvalue weighted by Crippen LogP contribution is -2.37. The number of halogens is 1. The number of aryl methyl sites for hydroxylation is 1. The molecule has 2 amide bonds. The number of carbonyl (C=O) groups is 2. The van der Waals surface area contributed by atoms with Crippen molar-refractivity contribution in [2.75, 3.05) is 13.1 Å². The van der Waals surface area contributed by atoms with Gasteiger partial charge in [0.25, 0.3) is 5.91 Å². The van der Waals surface area contributed by atoms with Crippen molar-refractivity contribution in [3.63, 3.8) is 0 Å². The standard InChI is InChI=1S/C15H17BrN4O2/c16-13-4-1-3-12(9-13)15(22)19-10-14(21)18-5-2-7-20-8-6-17-11-20/h1,3-4,6,8-9,11H,2,5,7,10H2,(H,18,21)(H,19,22). The van der Waals surface area contributed by atoms with E-state index in [0.29, 0.717) is 12.1 Å². The van der Waals surface area contributed by atoms with Gasteiger partial charge in [0, 0.05) is 35.5 Å². The molecular weight excluding hydrogens is 348 g/mol. The van der Waals surface area contributed by atoms with Crippen molar-refractivity contribution in [2.24, 2.45) is 0 Å². The largest absolute Gasteiger partial charge is 0.355 e. The number of imidazole rings is 1. The fraction of sp³-hybridized carbons (Fsp3) is 0.267. The summed E-state index contributed by atoms with van der Waals surface area (Å²) in [6.45, 7) is 1.32. The maximum Gasteiger partial charge on any atom is 0.251 e. The summed E-state index contributed by atoms with van der Waals surface area (Å²) in [6, 6.07) is 7.01. The van der Waals surface area contributed by atoms with Gasteiger partial charge in [-0.2, -0.15) is 0 Å². The molecule has 0 aliphatic heterocycles. The van der Waals surface area contributed by atoms with Crippen LogP contribution < -0.4 is 10.6 Å². The van der Waals surface area contributed by atoms with Crippen LogP contribution in [0.15, 0.2) is 47.5 Å². The second-order valence-corrected chi connectivity index (χ2v) is 5.61. The average molecular weight is 365 g/mol. The monoisotopic (exact) mass is 364 g/mol. The molecule has 22 heavy (non-hydrogen) atoms. The molecule has 0 saturated heterocycles. The van der Waals surface area contributed by atoms with Crippen molar-refractivity contribution in [1.82, 2.24) is 20.2 Å². The molecule has 2 rings (SSSR count). The number of aromatic nitrogens is 2. The zero-order chi connectivity index (χ0) is 15.8. The van der Waals surface area contributed by atoms with E-state index >= 15 is 0 Å². The minimum atomic E-state index is -0.269. The molecule has 7 heteroatoms. The Labute approximate surface area is 137 Å². The van der Waals surface area contributed by atoms with E-state index in [9.17, 15) is 9.59 Å². The minimum Gasteiger partial charge on any atom is -0.355 e. The molecule has 1 aromatic carbocycles. The molecule has 0 fully saturated rings. The van der Waals surface area contributed by atoms with Crippen molar-refractivity contribution >= 4 is 27.7 Å². The first-order valence-corrected chi connectivity index (χ1v) is 7.70. The summed E-state index contributed by atoms with van der Waals surface area (Å²) in [5, 5.41) is 5.36. The minimum absolute atomic E-state index is 0.0313. The van der Waals surface area contributed by atoms with Crippen LogP contribution in [0.3, 0.4) is 0 Å². The third kappa shape index (κ3) is 5.33. The Morgan fingerprint density at radius 3 is 2.86 bits per heavy atom. The molecule has 0 unspecified atom stereocenters. The fourth-order valence-corrected chi connectivity index (χ4v) is 2.26. The Hall–Kier alpha value is -2.15. The van der Waals surface area contributed by atoms with Crippen LogP contribution in [0.25, 0.3) is 0 Å². The first-order valence-electron chi connectivity index (χ1n) is 6.91. The summed E-state index contributed by atoms with van der Waals surface area (Å²) in [5.41, 5.74) is 0.516. The highest BCUT2D eigenvalue weighted by molar-refractivity contribution is 9.10. The Bertz CT molecular complexity index is 628. The van der Waals surface area contributed by atoms with E-state index in [1.165, 1.54) is 0 Å². The Kier molecular flexibility index (Phi) is 6.14. The van der Waals surface area contributed by atoms with Gasteiger partial charge in [0.2, 0.25) is 5.91 Å². The summed E-state index contributed by atoms with van der Waals surface area (Å²) >= 11 is 3.30. The molecule has 6 nitrogen and oxygen atoms in total. The highest BCUT2D eigenvalue weighted by Crippen LogP contribution is 2.11. The Balaban J connectivity index is 1.64. The molecular formula is C15H17BrN4O2. The summed E-state index contributed by atoms with van der Waals surface area (Å²) in [7, 11) is 0. The molecule has 0 atom stereocenters. The summed E-state index contributed by atoms with van der Waals surface area (Å²) in [6.07, 6.45) is 6.14. The predicted molar refractivity (Wildman–Crippen MR) is 86.3 cm³/mol. The third-order valence-electron chi connectivity index (χ3n) is 2.97. The van der Waals surface area contributed by atoms with Crippen LogP contribution in [-0.4, -0.2) is 34.5 Å². The lowest BCUT2D eigenvalue weighted by molar-refractivity contribution is -0.120. The van der Waals surface area contributed by atoms with Gasteiger partial charge in [-0.25, -0.2) is 4.98 Å². The van der Waals surface area contributed by atoms with Gasteiger partial charge in [-0.15, -0.1) is 0 Å². The SMILES string of the molecule is O=C(CNC(=O)c1cccc(Br)c1)NCCCn1ccnc1. The summed E-state index contributed by atoms with van der Waals surface area (Å²) in [4.78, 5) is 27.5. The number of benzene rings is 1. The molecule has 2 aromatic rings. The zero-order valence-electron chi connectivity index (χ0n) is 12.0. The molecule has 0 aliphatic carbocycles. The summed E-state index contributed by atoms with van der Waals surface area (Å²) < 4.78 is 2.77. The molecule has 0 aliphatic rings. The first-order chi connectivity index (χ1) is 10.6. The molecule has 0 radical (unpaired) electrons. The van der Waals surface area contributed by atoms with Crippen molar-refractivity contribution < 1.29 is 9.59 Å². The van der Waals surface area contributed by atoms with E-state index in [-0.39, 0.29) is 18.4 Å². The van der Waals surface area contributed by atoms with Gasteiger partial charge >= 0.3 is 0 Å². The molecule has 0 saturated carbocycles. The highest BCUT2D eigenvalue weighted by Gasteiger charge is 2.07. The van der Waals surface area contributed by atoms with E-state index in [2.05, 4.69) is 31.5 Å². The van der Waals surface area contributed by atoms with Crippen LogP contribution in [-0.2, 0) is 11.3 Å². The number of rotatable bonds is 7. The third-order valence-corrected chi connectivity index (χ3v) is 3.46. The van der Waals surface area contributed by atoms with Gasteiger partial charge in [0.1, 0.15) is 0 Å². The van der Waals surface area contributed by atoms with Gasteiger partial charge in [-0.3, -0.25) is 9.59 Å². The smallest absolute Gasteiger partial charge is 0.251 e. The van der Waals surface area contributed by atoms with Crippen LogP contribution >= 0.6 is 15.9 Å². The first kappa shape index (κ1) is 16.2. The van der Waals surface area contributed by atoms with Gasteiger partial charge in [0.15, 0.2) is 0 Å². The van der Waals surface area contributed by atoms with E-state index in [0.717, 1.165) is 17.4 Å². The summed E-state index contributed by atoms with van der Waals surface area (Å²) in [5.74, 6) is -0.469. The van der Waals surface area contributed by atoms with E-state index in [4.69, 9.17) is 0 Å². The number of hydrogen-bond donors (Lipinski definition) is 2. The normalized spacial score (nSPS) is 10.2. The van der Waals surface area contributed by atoms with Crippen molar-refractivity contribution in [3.8, 4) is 0 Å². The average Bonchev–Trinajstić information content (AvgIpc) is 3.02. The molecule has 0 spiro atoms. The van der Waals surface area contributed by atoms with Crippen LogP contribution in [0.2, 0.25) is 0 Å². The number of nitrogens with zero attached hydrogens (tertiary/aromatic N) is 2. The number of hydrogen-bond acceptors (Lipinski definition) is 3. The number of amides is 2. The van der Waals surface area contributed by atoms with E-state index < -0.39 is 0 Å². The van der Waals surface area contributed by atoms with Crippen LogP contribution in [0, 0.1) is 0 Å². The number of nitrogens with one attached hydrogen (secondary N) is 2.